The van der Waals surface area contributed by atoms with Crippen LogP contribution in [-0.4, -0.2) is 37.4 Å². The molecule has 1 unspecified atom stereocenters. The van der Waals surface area contributed by atoms with E-state index in [1.165, 1.54) is 12.1 Å². The zero-order valence-corrected chi connectivity index (χ0v) is 17.2. The van der Waals surface area contributed by atoms with Gasteiger partial charge in [-0.2, -0.15) is 0 Å². The molecule has 0 aliphatic carbocycles. The number of morpholine rings is 1. The van der Waals surface area contributed by atoms with E-state index >= 15 is 0 Å². The number of nitrogens with one attached hydrogen (secondary N) is 1. The van der Waals surface area contributed by atoms with Gasteiger partial charge in [0.25, 0.3) is 0 Å². The summed E-state index contributed by atoms with van der Waals surface area (Å²) in [5, 5.41) is 2.68. The van der Waals surface area contributed by atoms with Crippen LogP contribution >= 0.6 is 0 Å². The second-order valence-corrected chi connectivity index (χ2v) is 7.29. The number of carbonyl (C=O) groups excluding carboxylic acids is 1. The molecule has 7 heteroatoms. The second-order valence-electron chi connectivity index (χ2n) is 7.29. The molecule has 3 rings (SSSR count). The standard InChI is InChI=1S/C22H28FN3O3/c1-4-15(2)20-21(16(3)12-19(25-20)26-8-10-28-11-9-26)29-22(27)24-14-17-6-5-7-18(23)13-17/h5-7,12-13,15H,4,8-11,14H2,1-3H3,(H,24,27). The van der Waals surface area contributed by atoms with Crippen LogP contribution < -0.4 is 15.0 Å². The fourth-order valence-corrected chi connectivity index (χ4v) is 3.23. The molecule has 0 spiro atoms. The van der Waals surface area contributed by atoms with Crippen LogP contribution in [-0.2, 0) is 11.3 Å². The van der Waals surface area contributed by atoms with E-state index in [0.717, 1.165) is 36.6 Å². The Morgan fingerprint density at radius 2 is 2.10 bits per heavy atom. The molecule has 2 heterocycles. The number of hydrogen-bond donors (Lipinski definition) is 1. The summed E-state index contributed by atoms with van der Waals surface area (Å²) >= 11 is 0. The lowest BCUT2D eigenvalue weighted by atomic mass is 10.0. The Labute approximate surface area is 171 Å². The van der Waals surface area contributed by atoms with E-state index < -0.39 is 6.09 Å². The predicted molar refractivity (Wildman–Crippen MR) is 110 cm³/mol. The summed E-state index contributed by atoms with van der Waals surface area (Å²) in [4.78, 5) is 19.4. The average molecular weight is 401 g/mol. The Morgan fingerprint density at radius 3 is 2.79 bits per heavy atom. The molecule has 1 amide bonds. The Balaban J connectivity index is 1.76. The molecule has 1 N–H and O–H groups in total. The van der Waals surface area contributed by atoms with Crippen molar-refractivity contribution in [2.45, 2.75) is 39.7 Å². The topological polar surface area (TPSA) is 63.7 Å². The largest absolute Gasteiger partial charge is 0.412 e. The van der Waals surface area contributed by atoms with Crippen molar-refractivity contribution in [2.24, 2.45) is 0 Å². The van der Waals surface area contributed by atoms with Gasteiger partial charge in [0, 0.05) is 25.6 Å². The molecule has 0 saturated carbocycles. The summed E-state index contributed by atoms with van der Waals surface area (Å²) < 4.78 is 24.4. The van der Waals surface area contributed by atoms with Crippen LogP contribution in [0.4, 0.5) is 15.0 Å². The predicted octanol–water partition coefficient (Wildman–Crippen LogP) is 4.17. The van der Waals surface area contributed by atoms with Crippen LogP contribution in [0.3, 0.4) is 0 Å². The first kappa shape index (κ1) is 21.0. The molecule has 2 aromatic rings. The van der Waals surface area contributed by atoms with Crippen molar-refractivity contribution in [2.75, 3.05) is 31.2 Å². The third-order valence-corrected chi connectivity index (χ3v) is 5.11. The summed E-state index contributed by atoms with van der Waals surface area (Å²) in [5.41, 5.74) is 2.30. The number of pyridine rings is 1. The summed E-state index contributed by atoms with van der Waals surface area (Å²) in [6.45, 7) is 9.21. The van der Waals surface area contributed by atoms with Crippen molar-refractivity contribution in [3.63, 3.8) is 0 Å². The highest BCUT2D eigenvalue weighted by molar-refractivity contribution is 5.71. The van der Waals surface area contributed by atoms with Crippen molar-refractivity contribution in [3.8, 4) is 5.75 Å². The van der Waals surface area contributed by atoms with Gasteiger partial charge in [0.05, 0.1) is 18.9 Å². The first-order chi connectivity index (χ1) is 14.0. The lowest BCUT2D eigenvalue weighted by Gasteiger charge is -2.29. The number of halogens is 1. The van der Waals surface area contributed by atoms with Crippen LogP contribution in [0, 0.1) is 12.7 Å². The zero-order valence-electron chi connectivity index (χ0n) is 17.2. The average Bonchev–Trinajstić information content (AvgIpc) is 2.73. The number of hydrogen-bond acceptors (Lipinski definition) is 5. The summed E-state index contributed by atoms with van der Waals surface area (Å²) in [7, 11) is 0. The van der Waals surface area contributed by atoms with Crippen molar-refractivity contribution in [1.29, 1.82) is 0 Å². The maximum atomic E-state index is 13.3. The SMILES string of the molecule is CCC(C)c1nc(N2CCOCC2)cc(C)c1OC(=O)NCc1cccc(F)c1. The van der Waals surface area contributed by atoms with E-state index in [9.17, 15) is 9.18 Å². The first-order valence-corrected chi connectivity index (χ1v) is 10.0. The van der Waals surface area contributed by atoms with Gasteiger partial charge in [-0.25, -0.2) is 14.2 Å². The molecular weight excluding hydrogens is 373 g/mol. The van der Waals surface area contributed by atoms with Gasteiger partial charge in [0.1, 0.15) is 11.6 Å². The number of ether oxygens (including phenoxy) is 2. The number of aromatic nitrogens is 1. The summed E-state index contributed by atoms with van der Waals surface area (Å²) in [5.74, 6) is 1.18. The highest BCUT2D eigenvalue weighted by Gasteiger charge is 2.22. The number of aryl methyl sites for hydroxylation is 1. The van der Waals surface area contributed by atoms with Gasteiger partial charge in [-0.1, -0.05) is 26.0 Å². The Hall–Kier alpha value is -2.67. The van der Waals surface area contributed by atoms with E-state index in [1.807, 2.05) is 13.0 Å². The first-order valence-electron chi connectivity index (χ1n) is 10.0. The van der Waals surface area contributed by atoms with Gasteiger partial charge in [-0.15, -0.1) is 0 Å². The minimum atomic E-state index is -0.581. The number of carbonyl (C=O) groups is 1. The van der Waals surface area contributed by atoms with Crippen molar-refractivity contribution in [3.05, 3.63) is 53.0 Å². The van der Waals surface area contributed by atoms with Gasteiger partial charge in [0.15, 0.2) is 5.75 Å². The molecule has 1 atom stereocenters. The monoisotopic (exact) mass is 401 g/mol. The van der Waals surface area contributed by atoms with E-state index in [1.54, 1.807) is 12.1 Å². The maximum Gasteiger partial charge on any atom is 0.412 e. The molecule has 1 aliphatic rings. The van der Waals surface area contributed by atoms with Gasteiger partial charge >= 0.3 is 6.09 Å². The second kappa shape index (κ2) is 9.69. The van der Waals surface area contributed by atoms with Gasteiger partial charge in [-0.3, -0.25) is 0 Å². The molecule has 1 fully saturated rings. The summed E-state index contributed by atoms with van der Waals surface area (Å²) in [6, 6.07) is 8.06. The quantitative estimate of drug-likeness (QED) is 0.787. The van der Waals surface area contributed by atoms with Crippen LogP contribution in [0.25, 0.3) is 0 Å². The highest BCUT2D eigenvalue weighted by atomic mass is 19.1. The lowest BCUT2D eigenvalue weighted by Crippen LogP contribution is -2.37. The van der Waals surface area contributed by atoms with Crippen LogP contribution in [0.2, 0.25) is 0 Å². The summed E-state index contributed by atoms with van der Waals surface area (Å²) in [6.07, 6.45) is 0.295. The highest BCUT2D eigenvalue weighted by Crippen LogP contribution is 2.33. The smallest absolute Gasteiger partial charge is 0.408 e. The minimum Gasteiger partial charge on any atom is -0.408 e. The van der Waals surface area contributed by atoms with Gasteiger partial charge in [0.2, 0.25) is 0 Å². The number of amides is 1. The number of anilines is 1. The van der Waals surface area contributed by atoms with Crippen molar-refractivity contribution >= 4 is 11.9 Å². The van der Waals surface area contributed by atoms with Gasteiger partial charge < -0.3 is 19.7 Å². The normalized spacial score (nSPS) is 15.1. The molecule has 1 aromatic heterocycles. The Kier molecular flexibility index (Phi) is 7.04. The molecular formula is C22H28FN3O3. The number of nitrogens with zero attached hydrogens (tertiary/aromatic N) is 2. The maximum absolute atomic E-state index is 13.3. The van der Waals surface area contributed by atoms with Gasteiger partial charge in [-0.05, 0) is 42.7 Å². The van der Waals surface area contributed by atoms with E-state index in [0.29, 0.717) is 24.5 Å². The Morgan fingerprint density at radius 1 is 1.34 bits per heavy atom. The van der Waals surface area contributed by atoms with Crippen LogP contribution in [0.15, 0.2) is 30.3 Å². The fraction of sp³-hybridized carbons (Fsp3) is 0.455. The van der Waals surface area contributed by atoms with Crippen molar-refractivity contribution in [1.82, 2.24) is 10.3 Å². The molecule has 1 aromatic carbocycles. The van der Waals surface area contributed by atoms with E-state index in [-0.39, 0.29) is 18.3 Å². The molecule has 6 nitrogen and oxygen atoms in total. The number of benzene rings is 1. The van der Waals surface area contributed by atoms with E-state index in [2.05, 4.69) is 24.1 Å². The van der Waals surface area contributed by atoms with E-state index in [4.69, 9.17) is 14.5 Å². The minimum absolute atomic E-state index is 0.140. The Bertz CT molecular complexity index is 853. The third kappa shape index (κ3) is 5.44. The van der Waals surface area contributed by atoms with Crippen LogP contribution in [0.1, 0.15) is 43.0 Å². The fourth-order valence-electron chi connectivity index (χ4n) is 3.23. The van der Waals surface area contributed by atoms with Crippen LogP contribution in [0.5, 0.6) is 5.75 Å². The molecule has 1 saturated heterocycles. The third-order valence-electron chi connectivity index (χ3n) is 5.11. The molecule has 0 radical (unpaired) electrons. The zero-order chi connectivity index (χ0) is 20.8. The molecule has 0 bridgehead atoms. The van der Waals surface area contributed by atoms with Crippen molar-refractivity contribution < 1.29 is 18.7 Å². The molecule has 156 valence electrons. The number of rotatable bonds is 6. The molecule has 29 heavy (non-hydrogen) atoms. The molecule has 1 aliphatic heterocycles. The lowest BCUT2D eigenvalue weighted by molar-refractivity contribution is 0.122.